The molecule has 6 heteroatoms. The molecule has 0 amide bonds. The summed E-state index contributed by atoms with van der Waals surface area (Å²) in [6.45, 7) is 0. The van der Waals surface area contributed by atoms with Gasteiger partial charge >= 0.3 is 5.97 Å². The number of rotatable bonds is 3. The zero-order chi connectivity index (χ0) is 13.7. The van der Waals surface area contributed by atoms with Crippen molar-refractivity contribution in [2.24, 2.45) is 18.9 Å². The van der Waals surface area contributed by atoms with Crippen molar-refractivity contribution in [3.63, 3.8) is 0 Å². The Labute approximate surface area is 113 Å². The van der Waals surface area contributed by atoms with E-state index >= 15 is 0 Å². The van der Waals surface area contributed by atoms with Gasteiger partial charge < -0.3 is 5.11 Å². The maximum atomic E-state index is 12.2. The van der Waals surface area contributed by atoms with Crippen molar-refractivity contribution in [3.8, 4) is 0 Å². The average molecular weight is 279 g/mol. The van der Waals surface area contributed by atoms with E-state index < -0.39 is 17.8 Å². The van der Waals surface area contributed by atoms with Gasteiger partial charge in [-0.2, -0.15) is 5.10 Å². The van der Waals surface area contributed by atoms with E-state index in [2.05, 4.69) is 5.10 Å². The van der Waals surface area contributed by atoms with Crippen LogP contribution in [0.15, 0.2) is 18.3 Å². The Morgan fingerprint density at radius 1 is 1.42 bits per heavy atom. The molecule has 5 nitrogen and oxygen atoms in total. The molecule has 1 aliphatic carbocycles. The van der Waals surface area contributed by atoms with Gasteiger partial charge in [0.1, 0.15) is 0 Å². The van der Waals surface area contributed by atoms with Crippen LogP contribution in [-0.4, -0.2) is 26.6 Å². The number of fused-ring (bicyclic) bond motifs is 1. The second-order valence-corrected chi connectivity index (χ2v) is 5.22. The molecule has 2 aromatic rings. The predicted octanol–water partition coefficient (Wildman–Crippen LogP) is 2.13. The Morgan fingerprint density at radius 3 is 2.79 bits per heavy atom. The van der Waals surface area contributed by atoms with Crippen LogP contribution in [0.25, 0.3) is 10.9 Å². The van der Waals surface area contributed by atoms with Crippen molar-refractivity contribution >= 4 is 34.3 Å². The molecule has 1 fully saturated rings. The number of aryl methyl sites for hydroxylation is 1. The first-order valence-electron chi connectivity index (χ1n) is 5.87. The molecule has 19 heavy (non-hydrogen) atoms. The third-order valence-corrected chi connectivity index (χ3v) is 3.80. The monoisotopic (exact) mass is 278 g/mol. The Hall–Kier alpha value is -1.88. The molecular weight excluding hydrogens is 268 g/mol. The summed E-state index contributed by atoms with van der Waals surface area (Å²) >= 11 is 6.15. The number of carbonyl (C=O) groups excluding carboxylic acids is 1. The lowest BCUT2D eigenvalue weighted by Crippen LogP contribution is -2.08. The SMILES string of the molecule is Cn1ncc2cc(C(=O)[C@H]3C[C@@H]3C(=O)O)cc(Cl)c21. The molecule has 0 saturated heterocycles. The van der Waals surface area contributed by atoms with Crippen molar-refractivity contribution in [1.82, 2.24) is 9.78 Å². The minimum absolute atomic E-state index is 0.153. The van der Waals surface area contributed by atoms with Gasteiger partial charge in [-0.1, -0.05) is 11.6 Å². The van der Waals surface area contributed by atoms with Crippen LogP contribution in [0.3, 0.4) is 0 Å². The fourth-order valence-corrected chi connectivity index (χ4v) is 2.73. The van der Waals surface area contributed by atoms with E-state index in [1.54, 1.807) is 30.1 Å². The Balaban J connectivity index is 1.98. The molecule has 1 saturated carbocycles. The fraction of sp³-hybridized carbons (Fsp3) is 0.308. The van der Waals surface area contributed by atoms with Crippen LogP contribution in [0, 0.1) is 11.8 Å². The Bertz CT molecular complexity index is 707. The predicted molar refractivity (Wildman–Crippen MR) is 69.3 cm³/mol. The topological polar surface area (TPSA) is 72.2 Å². The van der Waals surface area contributed by atoms with Crippen molar-refractivity contribution in [1.29, 1.82) is 0 Å². The van der Waals surface area contributed by atoms with Crippen molar-refractivity contribution in [2.45, 2.75) is 6.42 Å². The highest BCUT2D eigenvalue weighted by atomic mass is 35.5. The number of aromatic nitrogens is 2. The van der Waals surface area contributed by atoms with Crippen LogP contribution in [0.1, 0.15) is 16.8 Å². The molecule has 1 aliphatic rings. The van der Waals surface area contributed by atoms with E-state index in [1.807, 2.05) is 0 Å². The third-order valence-electron chi connectivity index (χ3n) is 3.52. The van der Waals surface area contributed by atoms with E-state index in [4.69, 9.17) is 16.7 Å². The molecule has 1 heterocycles. The number of ketones is 1. The number of aliphatic carboxylic acids is 1. The summed E-state index contributed by atoms with van der Waals surface area (Å²) in [6, 6.07) is 3.30. The van der Waals surface area contributed by atoms with Crippen LogP contribution in [-0.2, 0) is 11.8 Å². The van der Waals surface area contributed by atoms with Crippen LogP contribution in [0.2, 0.25) is 5.02 Å². The van der Waals surface area contributed by atoms with E-state index in [1.165, 1.54) is 0 Å². The van der Waals surface area contributed by atoms with Crippen molar-refractivity contribution in [2.75, 3.05) is 0 Å². The summed E-state index contributed by atoms with van der Waals surface area (Å²) in [5, 5.41) is 14.2. The molecular formula is C13H11ClN2O3. The average Bonchev–Trinajstić information content (AvgIpc) is 3.07. The maximum Gasteiger partial charge on any atom is 0.307 e. The second-order valence-electron chi connectivity index (χ2n) is 4.82. The van der Waals surface area contributed by atoms with Crippen LogP contribution < -0.4 is 0 Å². The van der Waals surface area contributed by atoms with Gasteiger partial charge in [0.25, 0.3) is 0 Å². The molecule has 1 aromatic carbocycles. The standard InChI is InChI=1S/C13H11ClN2O3/c1-16-11-7(5-15-16)2-6(3-10(11)14)12(17)8-4-9(8)13(18)19/h2-3,5,8-9H,4H2,1H3,(H,18,19)/t8-,9-/m0/s1. The van der Waals surface area contributed by atoms with Crippen LogP contribution >= 0.6 is 11.6 Å². The number of carboxylic acid groups (broad SMARTS) is 1. The lowest BCUT2D eigenvalue weighted by molar-refractivity contribution is -0.138. The molecule has 0 unspecified atom stereocenters. The van der Waals surface area contributed by atoms with E-state index in [-0.39, 0.29) is 5.78 Å². The first-order chi connectivity index (χ1) is 8.99. The van der Waals surface area contributed by atoms with Gasteiger partial charge in [-0.3, -0.25) is 14.3 Å². The minimum atomic E-state index is -0.910. The zero-order valence-electron chi connectivity index (χ0n) is 10.1. The molecule has 0 radical (unpaired) electrons. The number of hydrogen-bond acceptors (Lipinski definition) is 3. The normalized spacial score (nSPS) is 21.6. The van der Waals surface area contributed by atoms with E-state index in [9.17, 15) is 9.59 Å². The number of nitrogens with zero attached hydrogens (tertiary/aromatic N) is 2. The number of carboxylic acids is 1. The molecule has 0 aliphatic heterocycles. The van der Waals surface area contributed by atoms with Gasteiger partial charge in [-0.15, -0.1) is 0 Å². The highest BCUT2D eigenvalue weighted by molar-refractivity contribution is 6.35. The van der Waals surface area contributed by atoms with E-state index in [0.717, 1.165) is 10.9 Å². The van der Waals surface area contributed by atoms with Crippen LogP contribution in [0.5, 0.6) is 0 Å². The quantitative estimate of drug-likeness (QED) is 0.873. The van der Waals surface area contributed by atoms with Crippen LogP contribution in [0.4, 0.5) is 0 Å². The number of benzene rings is 1. The van der Waals surface area contributed by atoms with Gasteiger partial charge in [-0.05, 0) is 18.6 Å². The fourth-order valence-electron chi connectivity index (χ4n) is 2.38. The molecule has 1 N–H and O–H groups in total. The summed E-state index contributed by atoms with van der Waals surface area (Å²) < 4.78 is 1.64. The molecule has 2 atom stereocenters. The Morgan fingerprint density at radius 2 is 2.16 bits per heavy atom. The first-order valence-corrected chi connectivity index (χ1v) is 6.25. The van der Waals surface area contributed by atoms with Crippen molar-refractivity contribution in [3.05, 3.63) is 28.9 Å². The summed E-state index contributed by atoms with van der Waals surface area (Å²) in [5.41, 5.74) is 1.23. The summed E-state index contributed by atoms with van der Waals surface area (Å²) in [4.78, 5) is 23.0. The summed E-state index contributed by atoms with van der Waals surface area (Å²) in [6.07, 6.45) is 2.05. The third kappa shape index (κ3) is 1.90. The summed E-state index contributed by atoms with van der Waals surface area (Å²) in [7, 11) is 1.77. The molecule has 0 bridgehead atoms. The smallest absolute Gasteiger partial charge is 0.307 e. The minimum Gasteiger partial charge on any atom is -0.481 e. The van der Waals surface area contributed by atoms with Gasteiger partial charge in [0.2, 0.25) is 0 Å². The highest BCUT2D eigenvalue weighted by Gasteiger charge is 2.48. The molecule has 0 spiro atoms. The largest absolute Gasteiger partial charge is 0.481 e. The Kier molecular flexibility index (Phi) is 2.60. The molecule has 98 valence electrons. The summed E-state index contributed by atoms with van der Waals surface area (Å²) in [5.74, 6) is -2.02. The zero-order valence-corrected chi connectivity index (χ0v) is 10.9. The van der Waals surface area contributed by atoms with Gasteiger partial charge in [0.15, 0.2) is 5.78 Å². The lowest BCUT2D eigenvalue weighted by Gasteiger charge is -2.03. The lowest BCUT2D eigenvalue weighted by atomic mass is 10.0. The number of carbonyl (C=O) groups is 2. The van der Waals surface area contributed by atoms with Crippen molar-refractivity contribution < 1.29 is 14.7 Å². The number of halogens is 1. The first kappa shape index (κ1) is 12.2. The maximum absolute atomic E-state index is 12.2. The highest BCUT2D eigenvalue weighted by Crippen LogP contribution is 2.41. The molecule has 1 aromatic heterocycles. The van der Waals surface area contributed by atoms with Gasteiger partial charge in [0, 0.05) is 23.9 Å². The van der Waals surface area contributed by atoms with Gasteiger partial charge in [-0.25, -0.2) is 0 Å². The van der Waals surface area contributed by atoms with E-state index in [0.29, 0.717) is 17.0 Å². The number of Topliss-reactive ketones (excluding diaryl/α,β-unsaturated/α-hetero) is 1. The second kappa shape index (κ2) is 4.06. The number of hydrogen-bond donors (Lipinski definition) is 1. The van der Waals surface area contributed by atoms with Gasteiger partial charge in [0.05, 0.1) is 22.7 Å². The molecule has 3 rings (SSSR count).